The van der Waals surface area contributed by atoms with Crippen LogP contribution in [-0.4, -0.2) is 30.9 Å². The SMILES string of the molecule is CC(=O)Nc1ccc(NC(=O)Cn2nc(C)n(-n3cccc3)c2=S)cc1. The lowest BCUT2D eigenvalue weighted by Crippen LogP contribution is -2.20. The van der Waals surface area contributed by atoms with Crippen molar-refractivity contribution in [2.75, 3.05) is 10.6 Å². The lowest BCUT2D eigenvalue weighted by molar-refractivity contribution is -0.117. The lowest BCUT2D eigenvalue weighted by atomic mass is 10.2. The van der Waals surface area contributed by atoms with Gasteiger partial charge in [-0.15, -0.1) is 0 Å². The van der Waals surface area contributed by atoms with E-state index in [2.05, 4.69) is 15.7 Å². The predicted molar refractivity (Wildman–Crippen MR) is 100 cm³/mol. The molecule has 0 aliphatic carbocycles. The molecular weight excluding hydrogens is 352 g/mol. The maximum Gasteiger partial charge on any atom is 0.246 e. The molecule has 2 N–H and O–H groups in total. The first-order chi connectivity index (χ1) is 12.4. The summed E-state index contributed by atoms with van der Waals surface area (Å²) in [5.74, 6) is 0.286. The molecule has 8 nitrogen and oxygen atoms in total. The minimum atomic E-state index is -0.245. The zero-order valence-corrected chi connectivity index (χ0v) is 15.2. The van der Waals surface area contributed by atoms with Gasteiger partial charge in [-0.25, -0.2) is 9.36 Å². The first kappa shape index (κ1) is 17.6. The van der Waals surface area contributed by atoms with Crippen molar-refractivity contribution >= 4 is 35.4 Å². The smallest absolute Gasteiger partial charge is 0.246 e. The molecule has 2 amide bonds. The van der Waals surface area contributed by atoms with Crippen molar-refractivity contribution < 1.29 is 9.59 Å². The van der Waals surface area contributed by atoms with Crippen LogP contribution in [0.2, 0.25) is 0 Å². The summed E-state index contributed by atoms with van der Waals surface area (Å²) >= 11 is 5.42. The van der Waals surface area contributed by atoms with Crippen LogP contribution in [-0.2, 0) is 16.1 Å². The second kappa shape index (κ2) is 7.36. The number of anilines is 2. The van der Waals surface area contributed by atoms with Gasteiger partial charge in [-0.2, -0.15) is 5.10 Å². The molecule has 9 heteroatoms. The zero-order valence-electron chi connectivity index (χ0n) is 14.3. The van der Waals surface area contributed by atoms with E-state index in [9.17, 15) is 9.59 Å². The fourth-order valence-corrected chi connectivity index (χ4v) is 2.84. The molecule has 0 fully saturated rings. The highest BCUT2D eigenvalue weighted by molar-refractivity contribution is 7.71. The minimum Gasteiger partial charge on any atom is -0.326 e. The Hall–Kier alpha value is -3.20. The largest absolute Gasteiger partial charge is 0.326 e. The third kappa shape index (κ3) is 3.89. The third-order valence-electron chi connectivity index (χ3n) is 3.58. The molecule has 0 atom stereocenters. The molecule has 26 heavy (non-hydrogen) atoms. The molecule has 3 aromatic rings. The van der Waals surface area contributed by atoms with E-state index in [1.165, 1.54) is 11.6 Å². The normalized spacial score (nSPS) is 10.5. The van der Waals surface area contributed by atoms with Gasteiger partial charge in [0.15, 0.2) is 0 Å². The number of aromatic nitrogens is 4. The maximum atomic E-state index is 12.3. The van der Waals surface area contributed by atoms with Crippen LogP contribution in [0, 0.1) is 11.7 Å². The number of hydrogen-bond donors (Lipinski definition) is 2. The molecule has 1 aromatic carbocycles. The van der Waals surface area contributed by atoms with Gasteiger partial charge < -0.3 is 10.6 Å². The Kier molecular flexibility index (Phi) is 4.99. The van der Waals surface area contributed by atoms with Gasteiger partial charge in [0.1, 0.15) is 12.4 Å². The Balaban J connectivity index is 1.70. The van der Waals surface area contributed by atoms with E-state index in [1.54, 1.807) is 33.6 Å². The van der Waals surface area contributed by atoms with Gasteiger partial charge in [-0.1, -0.05) is 0 Å². The monoisotopic (exact) mass is 370 g/mol. The van der Waals surface area contributed by atoms with Crippen LogP contribution in [0.1, 0.15) is 12.7 Å². The molecule has 134 valence electrons. The van der Waals surface area contributed by atoms with E-state index < -0.39 is 0 Å². The van der Waals surface area contributed by atoms with E-state index in [-0.39, 0.29) is 18.4 Å². The molecular formula is C17H18N6O2S. The number of carbonyl (C=O) groups excluding carboxylic acids is 2. The van der Waals surface area contributed by atoms with Crippen LogP contribution in [0.3, 0.4) is 0 Å². The second-order valence-corrected chi connectivity index (χ2v) is 6.03. The van der Waals surface area contributed by atoms with Gasteiger partial charge in [0.2, 0.25) is 16.6 Å². The van der Waals surface area contributed by atoms with Gasteiger partial charge in [0.05, 0.1) is 0 Å². The molecule has 0 spiro atoms. The molecule has 0 saturated carbocycles. The van der Waals surface area contributed by atoms with E-state index in [0.29, 0.717) is 22.0 Å². The van der Waals surface area contributed by atoms with Crippen LogP contribution in [0.5, 0.6) is 0 Å². The second-order valence-electron chi connectivity index (χ2n) is 5.67. The number of nitrogens with zero attached hydrogens (tertiary/aromatic N) is 4. The van der Waals surface area contributed by atoms with Crippen molar-refractivity contribution in [3.05, 3.63) is 59.4 Å². The average molecular weight is 370 g/mol. The highest BCUT2D eigenvalue weighted by Crippen LogP contribution is 2.13. The fourth-order valence-electron chi connectivity index (χ4n) is 2.51. The highest BCUT2D eigenvalue weighted by Gasteiger charge is 2.11. The molecule has 0 bridgehead atoms. The molecule has 3 rings (SSSR count). The lowest BCUT2D eigenvalue weighted by Gasteiger charge is -2.07. The average Bonchev–Trinajstić information content (AvgIpc) is 3.17. The molecule has 0 aliphatic rings. The van der Waals surface area contributed by atoms with Crippen LogP contribution >= 0.6 is 12.2 Å². The number of rotatable bonds is 5. The Morgan fingerprint density at radius 2 is 1.65 bits per heavy atom. The number of benzene rings is 1. The maximum absolute atomic E-state index is 12.3. The van der Waals surface area contributed by atoms with Crippen molar-refractivity contribution in [1.82, 2.24) is 19.1 Å². The Bertz CT molecular complexity index is 985. The summed E-state index contributed by atoms with van der Waals surface area (Å²) in [5, 5.41) is 9.80. The van der Waals surface area contributed by atoms with Gasteiger partial charge in [-0.05, 0) is 55.5 Å². The molecule has 2 heterocycles. The molecule has 0 unspecified atom stereocenters. The van der Waals surface area contributed by atoms with E-state index in [0.717, 1.165) is 0 Å². The summed E-state index contributed by atoms with van der Waals surface area (Å²) in [6.07, 6.45) is 3.71. The van der Waals surface area contributed by atoms with Crippen LogP contribution in [0.15, 0.2) is 48.8 Å². The Morgan fingerprint density at radius 1 is 1.08 bits per heavy atom. The van der Waals surface area contributed by atoms with Crippen LogP contribution < -0.4 is 10.6 Å². The highest BCUT2D eigenvalue weighted by atomic mass is 32.1. The van der Waals surface area contributed by atoms with Gasteiger partial charge in [0.25, 0.3) is 0 Å². The summed E-state index contributed by atoms with van der Waals surface area (Å²) in [6.45, 7) is 3.26. The van der Waals surface area contributed by atoms with Crippen molar-refractivity contribution in [3.8, 4) is 0 Å². The number of aryl methyl sites for hydroxylation is 1. The Labute approximate surface area is 155 Å². The summed E-state index contributed by atoms with van der Waals surface area (Å²) in [5.41, 5.74) is 1.29. The van der Waals surface area contributed by atoms with Gasteiger partial charge >= 0.3 is 0 Å². The minimum absolute atomic E-state index is 0.00138. The van der Waals surface area contributed by atoms with Crippen molar-refractivity contribution in [2.24, 2.45) is 0 Å². The molecule has 0 saturated heterocycles. The van der Waals surface area contributed by atoms with Crippen molar-refractivity contribution in [1.29, 1.82) is 0 Å². The number of hydrogen-bond acceptors (Lipinski definition) is 4. The number of nitrogens with one attached hydrogen (secondary N) is 2. The molecule has 0 radical (unpaired) electrons. The quantitative estimate of drug-likeness (QED) is 0.676. The van der Waals surface area contributed by atoms with E-state index >= 15 is 0 Å². The third-order valence-corrected chi connectivity index (χ3v) is 3.96. The summed E-state index contributed by atoms with van der Waals surface area (Å²) in [7, 11) is 0. The summed E-state index contributed by atoms with van der Waals surface area (Å²) in [4.78, 5) is 23.3. The summed E-state index contributed by atoms with van der Waals surface area (Å²) in [6, 6.07) is 10.6. The topological polar surface area (TPSA) is 85.9 Å². The Morgan fingerprint density at radius 3 is 2.23 bits per heavy atom. The molecule has 2 aromatic heterocycles. The number of amides is 2. The number of carbonyl (C=O) groups is 2. The van der Waals surface area contributed by atoms with Gasteiger partial charge in [0, 0.05) is 30.7 Å². The first-order valence-corrected chi connectivity index (χ1v) is 8.32. The van der Waals surface area contributed by atoms with Gasteiger partial charge in [-0.3, -0.25) is 14.3 Å². The van der Waals surface area contributed by atoms with Crippen molar-refractivity contribution in [2.45, 2.75) is 20.4 Å². The van der Waals surface area contributed by atoms with E-state index in [4.69, 9.17) is 12.2 Å². The zero-order chi connectivity index (χ0) is 18.7. The first-order valence-electron chi connectivity index (χ1n) is 7.91. The predicted octanol–water partition coefficient (Wildman–Crippen LogP) is 2.43. The molecule has 0 aliphatic heterocycles. The van der Waals surface area contributed by atoms with Crippen LogP contribution in [0.4, 0.5) is 11.4 Å². The van der Waals surface area contributed by atoms with Crippen LogP contribution in [0.25, 0.3) is 0 Å². The van der Waals surface area contributed by atoms with E-state index in [1.807, 2.05) is 31.5 Å². The van der Waals surface area contributed by atoms with Crippen molar-refractivity contribution in [3.63, 3.8) is 0 Å². The standard InChI is InChI=1S/C17H18N6O2S/c1-12-20-22(17(26)23(12)21-9-3-4-10-21)11-16(25)19-15-7-5-14(6-8-15)18-13(2)24/h3-10H,11H2,1-2H3,(H,18,24)(H,19,25). The fraction of sp³-hybridized carbons (Fsp3) is 0.176. The summed E-state index contributed by atoms with van der Waals surface area (Å²) < 4.78 is 5.45.